The van der Waals surface area contributed by atoms with Gasteiger partial charge in [0.05, 0.1) is 20.6 Å². The van der Waals surface area contributed by atoms with Crippen molar-refractivity contribution in [2.24, 2.45) is 0 Å². The lowest BCUT2D eigenvalue weighted by atomic mass is 10.7. The van der Waals surface area contributed by atoms with E-state index >= 15 is 0 Å². The van der Waals surface area contributed by atoms with Crippen molar-refractivity contribution < 1.29 is 0 Å². The standard InChI is InChI=1S/C17H37N3Si3/c1-8-22(9-2)12-13-23(10-3,11-4)20(16-22)17-14-18-15-19(17)21(5,6)7/h14-15H,8-13,16H2,1-7H3. The highest BCUT2D eigenvalue weighted by molar-refractivity contribution is 6.92. The maximum atomic E-state index is 4.59. The summed E-state index contributed by atoms with van der Waals surface area (Å²) in [5.41, 5.74) is 0. The van der Waals surface area contributed by atoms with E-state index in [1.807, 2.05) is 0 Å². The van der Waals surface area contributed by atoms with Gasteiger partial charge in [0.2, 0.25) is 0 Å². The predicted octanol–water partition coefficient (Wildman–Crippen LogP) is 5.40. The molecule has 0 saturated carbocycles. The molecule has 1 aliphatic heterocycles. The van der Waals surface area contributed by atoms with E-state index in [1.165, 1.54) is 42.2 Å². The van der Waals surface area contributed by atoms with E-state index in [0.29, 0.717) is 0 Å². The first-order valence-corrected chi connectivity index (χ1v) is 18.4. The molecule has 0 aromatic carbocycles. The Labute approximate surface area is 146 Å². The fourth-order valence-electron chi connectivity index (χ4n) is 4.36. The second-order valence-corrected chi connectivity index (χ2v) is 23.5. The van der Waals surface area contributed by atoms with Crippen LogP contribution in [0.1, 0.15) is 27.7 Å². The molecular weight excluding hydrogens is 330 g/mol. The molecule has 132 valence electrons. The average molecular weight is 368 g/mol. The van der Waals surface area contributed by atoms with Gasteiger partial charge in [-0.2, -0.15) is 0 Å². The van der Waals surface area contributed by atoms with Crippen molar-refractivity contribution in [1.29, 1.82) is 0 Å². The van der Waals surface area contributed by atoms with Crippen molar-refractivity contribution in [1.82, 2.24) is 9.22 Å². The Kier molecular flexibility index (Phi) is 5.68. The van der Waals surface area contributed by atoms with E-state index in [9.17, 15) is 0 Å². The minimum absolute atomic E-state index is 1.12. The summed E-state index contributed by atoms with van der Waals surface area (Å²) in [6.45, 7) is 17.1. The Bertz CT molecular complexity index is 513. The molecule has 0 amide bonds. The molecule has 1 aromatic rings. The minimum Gasteiger partial charge on any atom is -0.386 e. The van der Waals surface area contributed by atoms with Crippen molar-refractivity contribution in [2.45, 2.75) is 83.6 Å². The molecule has 1 aromatic heterocycles. The fourth-order valence-corrected chi connectivity index (χ4v) is 17.6. The molecule has 2 rings (SSSR count). The predicted molar refractivity (Wildman–Crippen MR) is 111 cm³/mol. The molecule has 2 heterocycles. The van der Waals surface area contributed by atoms with Crippen LogP contribution >= 0.6 is 0 Å². The number of rotatable bonds is 6. The highest BCUT2D eigenvalue weighted by Crippen LogP contribution is 2.42. The smallest absolute Gasteiger partial charge is 0.157 e. The molecule has 1 saturated heterocycles. The Morgan fingerprint density at radius 2 is 1.61 bits per heavy atom. The number of hydrogen-bond acceptors (Lipinski definition) is 2. The Hall–Kier alpha value is -0.339. The van der Waals surface area contributed by atoms with Crippen LogP contribution in [0, 0.1) is 0 Å². The van der Waals surface area contributed by atoms with Crippen LogP contribution in [0.15, 0.2) is 12.5 Å². The van der Waals surface area contributed by atoms with Gasteiger partial charge in [0.25, 0.3) is 0 Å². The molecule has 6 heteroatoms. The van der Waals surface area contributed by atoms with Crippen molar-refractivity contribution in [3.63, 3.8) is 0 Å². The van der Waals surface area contributed by atoms with Crippen LogP contribution in [0.5, 0.6) is 0 Å². The van der Waals surface area contributed by atoms with E-state index in [-0.39, 0.29) is 0 Å². The summed E-state index contributed by atoms with van der Waals surface area (Å²) in [7, 11) is -3.90. The Morgan fingerprint density at radius 3 is 2.09 bits per heavy atom. The van der Waals surface area contributed by atoms with Gasteiger partial charge in [-0.3, -0.25) is 0 Å². The second-order valence-electron chi connectivity index (χ2n) is 8.52. The molecule has 1 aliphatic rings. The zero-order valence-electron chi connectivity index (χ0n) is 16.4. The normalized spacial score (nSPS) is 20.7. The Morgan fingerprint density at radius 1 is 1.00 bits per heavy atom. The third kappa shape index (κ3) is 3.40. The van der Waals surface area contributed by atoms with Crippen LogP contribution in [-0.2, 0) is 0 Å². The summed E-state index contributed by atoms with van der Waals surface area (Å²) in [6, 6.07) is 8.75. The second kappa shape index (κ2) is 6.88. The van der Waals surface area contributed by atoms with Gasteiger partial charge in [0, 0.05) is 6.17 Å². The maximum Gasteiger partial charge on any atom is 0.157 e. The molecule has 3 nitrogen and oxygen atoms in total. The van der Waals surface area contributed by atoms with Crippen molar-refractivity contribution >= 4 is 30.4 Å². The van der Waals surface area contributed by atoms with Gasteiger partial charge in [-0.25, -0.2) is 4.98 Å². The number of anilines is 1. The van der Waals surface area contributed by atoms with Crippen LogP contribution in [0.25, 0.3) is 0 Å². The lowest BCUT2D eigenvalue weighted by Crippen LogP contribution is -2.65. The molecule has 0 atom stereocenters. The van der Waals surface area contributed by atoms with E-state index in [4.69, 9.17) is 0 Å². The molecule has 1 fully saturated rings. The van der Waals surface area contributed by atoms with Gasteiger partial charge >= 0.3 is 0 Å². The zero-order chi connectivity index (χ0) is 17.3. The van der Waals surface area contributed by atoms with Gasteiger partial charge < -0.3 is 8.80 Å². The van der Waals surface area contributed by atoms with Crippen molar-refractivity contribution in [3.8, 4) is 0 Å². The van der Waals surface area contributed by atoms with Gasteiger partial charge in [-0.1, -0.05) is 65.5 Å². The first-order valence-electron chi connectivity index (χ1n) is 9.58. The molecule has 0 unspecified atom stereocenters. The van der Waals surface area contributed by atoms with E-state index < -0.39 is 24.5 Å². The van der Waals surface area contributed by atoms with Gasteiger partial charge in [-0.05, 0) is 18.1 Å². The minimum atomic E-state index is -1.41. The zero-order valence-corrected chi connectivity index (χ0v) is 19.4. The van der Waals surface area contributed by atoms with E-state index in [0.717, 1.165) is 0 Å². The van der Waals surface area contributed by atoms with Gasteiger partial charge in [-0.15, -0.1) is 0 Å². The quantitative estimate of drug-likeness (QED) is 0.628. The van der Waals surface area contributed by atoms with Crippen LogP contribution in [0.2, 0.25) is 55.9 Å². The molecule has 0 spiro atoms. The maximum absolute atomic E-state index is 4.59. The van der Waals surface area contributed by atoms with Gasteiger partial charge in [0.1, 0.15) is 5.82 Å². The third-order valence-corrected chi connectivity index (χ3v) is 19.9. The molecule has 0 N–H and O–H groups in total. The molecular formula is C17H37N3Si3. The van der Waals surface area contributed by atoms with Crippen LogP contribution in [0.4, 0.5) is 5.82 Å². The first-order chi connectivity index (χ1) is 10.8. The highest BCUT2D eigenvalue weighted by Gasteiger charge is 2.48. The number of aromatic nitrogens is 2. The average Bonchev–Trinajstić information content (AvgIpc) is 3.04. The summed E-state index contributed by atoms with van der Waals surface area (Å²) in [5, 5.41) is 0. The first kappa shape index (κ1) is 19.0. The molecule has 0 aliphatic carbocycles. The van der Waals surface area contributed by atoms with Crippen LogP contribution < -0.4 is 4.57 Å². The SMILES string of the molecule is CC[Si]1(CC)CC[Si](CC)(CC)N(c2cncn2[Si](C)(C)C)C1. The Balaban J connectivity index is 2.50. The molecule has 0 radical (unpaired) electrons. The van der Waals surface area contributed by atoms with Crippen molar-refractivity contribution in [3.05, 3.63) is 12.5 Å². The summed E-state index contributed by atoms with van der Waals surface area (Å²) >= 11 is 0. The number of hydrogen-bond donors (Lipinski definition) is 0. The van der Waals surface area contributed by atoms with E-state index in [1.54, 1.807) is 6.04 Å². The summed E-state index contributed by atoms with van der Waals surface area (Å²) < 4.78 is 5.52. The van der Waals surface area contributed by atoms with Crippen LogP contribution in [-0.4, -0.2) is 39.9 Å². The highest BCUT2D eigenvalue weighted by atomic mass is 28.3. The number of nitrogens with zero attached hydrogens (tertiary/aromatic N) is 3. The summed E-state index contributed by atoms with van der Waals surface area (Å²) in [5.74, 6) is 1.47. The monoisotopic (exact) mass is 367 g/mol. The van der Waals surface area contributed by atoms with Gasteiger partial charge in [0.15, 0.2) is 16.5 Å². The topological polar surface area (TPSA) is 21.1 Å². The molecule has 23 heavy (non-hydrogen) atoms. The van der Waals surface area contributed by atoms with Crippen molar-refractivity contribution in [2.75, 3.05) is 10.7 Å². The summed E-state index contributed by atoms with van der Waals surface area (Å²) in [6.07, 6.45) is 5.69. The lowest BCUT2D eigenvalue weighted by molar-refractivity contribution is 0.928. The van der Waals surface area contributed by atoms with Crippen LogP contribution in [0.3, 0.4) is 0 Å². The lowest BCUT2D eigenvalue weighted by Gasteiger charge is -2.53. The summed E-state index contributed by atoms with van der Waals surface area (Å²) in [4.78, 5) is 4.59. The molecule has 0 bridgehead atoms. The fraction of sp³-hybridized carbons (Fsp3) is 0.824. The number of imidazole rings is 1. The largest absolute Gasteiger partial charge is 0.386 e. The third-order valence-electron chi connectivity index (χ3n) is 6.62. The van der Waals surface area contributed by atoms with E-state index in [2.05, 4.69) is 73.6 Å².